The van der Waals surface area contributed by atoms with E-state index in [0.29, 0.717) is 27.2 Å². The summed E-state index contributed by atoms with van der Waals surface area (Å²) in [6, 6.07) is 8.07. The molecule has 0 bridgehead atoms. The second-order valence-electron chi connectivity index (χ2n) is 5.29. The van der Waals surface area contributed by atoms with Gasteiger partial charge >= 0.3 is 0 Å². The molecule has 6 heteroatoms. The highest BCUT2D eigenvalue weighted by molar-refractivity contribution is 6.42. The smallest absolute Gasteiger partial charge is 0.254 e. The van der Waals surface area contributed by atoms with E-state index in [0.717, 1.165) is 0 Å². The second kappa shape index (κ2) is 6.91. The molecule has 0 spiro atoms. The Bertz CT molecular complexity index is 765. The van der Waals surface area contributed by atoms with Gasteiger partial charge in [0.1, 0.15) is 5.75 Å². The van der Waals surface area contributed by atoms with Gasteiger partial charge in [-0.15, -0.1) is 6.42 Å². The molecule has 0 saturated carbocycles. The summed E-state index contributed by atoms with van der Waals surface area (Å²) >= 11 is 11.8. The normalized spacial score (nSPS) is 10.7. The molecule has 0 fully saturated rings. The van der Waals surface area contributed by atoms with Gasteiger partial charge < -0.3 is 10.1 Å². The van der Waals surface area contributed by atoms with Crippen LogP contribution in [-0.4, -0.2) is 16.4 Å². The zero-order valence-electron chi connectivity index (χ0n) is 12.6. The summed E-state index contributed by atoms with van der Waals surface area (Å²) in [5.74, 6) is 3.02. The van der Waals surface area contributed by atoms with Crippen molar-refractivity contribution in [2.24, 2.45) is 0 Å². The minimum Gasteiger partial charge on any atom is -0.439 e. The molecule has 0 saturated heterocycles. The molecule has 0 radical (unpaired) electrons. The summed E-state index contributed by atoms with van der Waals surface area (Å²) in [4.78, 5) is 16.1. The molecule has 0 unspecified atom stereocenters. The molecule has 118 valence electrons. The molecule has 1 aromatic carbocycles. The summed E-state index contributed by atoms with van der Waals surface area (Å²) in [6.45, 7) is 3.47. The highest BCUT2D eigenvalue weighted by atomic mass is 35.5. The number of rotatable bonds is 4. The number of hydrogen-bond acceptors (Lipinski definition) is 3. The molecule has 4 nitrogen and oxygen atoms in total. The quantitative estimate of drug-likeness (QED) is 0.837. The van der Waals surface area contributed by atoms with Crippen LogP contribution in [0.3, 0.4) is 0 Å². The van der Waals surface area contributed by atoms with Crippen LogP contribution in [0.25, 0.3) is 0 Å². The number of nitrogens with one attached hydrogen (secondary N) is 1. The molecule has 1 heterocycles. The second-order valence-corrected chi connectivity index (χ2v) is 6.10. The van der Waals surface area contributed by atoms with Gasteiger partial charge in [0.15, 0.2) is 0 Å². The number of nitrogens with zero attached hydrogens (tertiary/aromatic N) is 1. The van der Waals surface area contributed by atoms with Gasteiger partial charge in [-0.2, -0.15) is 0 Å². The van der Waals surface area contributed by atoms with E-state index in [9.17, 15) is 4.79 Å². The molecular formula is C17H14Cl2N2O2. The summed E-state index contributed by atoms with van der Waals surface area (Å²) in [6.07, 6.45) is 6.76. The van der Waals surface area contributed by atoms with Gasteiger partial charge in [-0.05, 0) is 32.0 Å². The zero-order chi connectivity index (χ0) is 17.0. The first-order valence-electron chi connectivity index (χ1n) is 6.70. The maximum Gasteiger partial charge on any atom is 0.254 e. The van der Waals surface area contributed by atoms with Crippen LogP contribution in [0.5, 0.6) is 11.6 Å². The van der Waals surface area contributed by atoms with Gasteiger partial charge in [0.2, 0.25) is 5.88 Å². The van der Waals surface area contributed by atoms with Crippen molar-refractivity contribution in [2.45, 2.75) is 19.4 Å². The van der Waals surface area contributed by atoms with E-state index in [1.54, 1.807) is 44.2 Å². The number of carbonyl (C=O) groups excluding carboxylic acids is 1. The lowest BCUT2D eigenvalue weighted by atomic mass is 10.1. The van der Waals surface area contributed by atoms with Crippen LogP contribution >= 0.6 is 23.2 Å². The Morgan fingerprint density at radius 1 is 1.26 bits per heavy atom. The van der Waals surface area contributed by atoms with Crippen LogP contribution in [0.15, 0.2) is 36.5 Å². The lowest BCUT2D eigenvalue weighted by Crippen LogP contribution is -2.42. The topological polar surface area (TPSA) is 51.2 Å². The minimum atomic E-state index is -0.730. The van der Waals surface area contributed by atoms with Crippen LogP contribution in [0.1, 0.15) is 24.2 Å². The fourth-order valence-electron chi connectivity index (χ4n) is 1.63. The Morgan fingerprint density at radius 3 is 2.57 bits per heavy atom. The molecule has 0 aliphatic heterocycles. The molecule has 1 N–H and O–H groups in total. The van der Waals surface area contributed by atoms with Crippen molar-refractivity contribution < 1.29 is 9.53 Å². The van der Waals surface area contributed by atoms with Crippen LogP contribution in [-0.2, 0) is 0 Å². The first-order valence-corrected chi connectivity index (χ1v) is 7.45. The Labute approximate surface area is 144 Å². The minimum absolute atomic E-state index is 0.304. The van der Waals surface area contributed by atoms with Crippen molar-refractivity contribution in [3.8, 4) is 24.0 Å². The van der Waals surface area contributed by atoms with E-state index in [1.807, 2.05) is 0 Å². The average Bonchev–Trinajstić information content (AvgIpc) is 2.51. The summed E-state index contributed by atoms with van der Waals surface area (Å²) in [7, 11) is 0. The van der Waals surface area contributed by atoms with Crippen molar-refractivity contribution in [1.82, 2.24) is 10.3 Å². The van der Waals surface area contributed by atoms with Gasteiger partial charge in [0, 0.05) is 18.3 Å². The number of terminal acetylenes is 1. The SMILES string of the molecule is C#CC(C)(C)NC(=O)c1ccc(Oc2ccc(Cl)c(Cl)c2)nc1. The van der Waals surface area contributed by atoms with E-state index in [-0.39, 0.29) is 5.91 Å². The molecule has 0 atom stereocenters. The van der Waals surface area contributed by atoms with Gasteiger partial charge in [0.05, 0.1) is 21.1 Å². The van der Waals surface area contributed by atoms with Gasteiger partial charge in [-0.3, -0.25) is 4.79 Å². The Balaban J connectivity index is 2.09. The molecule has 23 heavy (non-hydrogen) atoms. The third-order valence-corrected chi connectivity index (χ3v) is 3.64. The maximum absolute atomic E-state index is 12.1. The average molecular weight is 349 g/mol. The van der Waals surface area contributed by atoms with Gasteiger partial charge in [-0.25, -0.2) is 4.98 Å². The van der Waals surface area contributed by atoms with E-state index < -0.39 is 5.54 Å². The number of ether oxygens (including phenoxy) is 1. The number of amides is 1. The first kappa shape index (κ1) is 17.1. The summed E-state index contributed by atoms with van der Waals surface area (Å²) < 4.78 is 5.55. The standard InChI is InChI=1S/C17H14Cl2N2O2/c1-4-17(2,3)21-16(22)11-5-8-15(20-10-11)23-12-6-7-13(18)14(19)9-12/h1,5-10H,2-3H3,(H,21,22). The fourth-order valence-corrected chi connectivity index (χ4v) is 1.92. The highest BCUT2D eigenvalue weighted by Gasteiger charge is 2.18. The van der Waals surface area contributed by atoms with E-state index >= 15 is 0 Å². The van der Waals surface area contributed by atoms with Crippen molar-refractivity contribution in [3.05, 3.63) is 52.1 Å². The van der Waals surface area contributed by atoms with Crippen molar-refractivity contribution in [2.75, 3.05) is 0 Å². The largest absolute Gasteiger partial charge is 0.439 e. The highest BCUT2D eigenvalue weighted by Crippen LogP contribution is 2.28. The molecule has 0 aliphatic rings. The molecule has 2 aromatic rings. The van der Waals surface area contributed by atoms with Crippen molar-refractivity contribution >= 4 is 29.1 Å². The molecule has 2 rings (SSSR count). The fraction of sp³-hybridized carbons (Fsp3) is 0.176. The molecule has 1 amide bonds. The van der Waals surface area contributed by atoms with Gasteiger partial charge in [-0.1, -0.05) is 29.1 Å². The van der Waals surface area contributed by atoms with E-state index in [2.05, 4.69) is 16.2 Å². The lowest BCUT2D eigenvalue weighted by molar-refractivity contribution is 0.0929. The molecule has 0 aliphatic carbocycles. The lowest BCUT2D eigenvalue weighted by Gasteiger charge is -2.19. The predicted octanol–water partition coefficient (Wildman–Crippen LogP) is 4.32. The zero-order valence-corrected chi connectivity index (χ0v) is 14.1. The number of benzene rings is 1. The number of carbonyl (C=O) groups is 1. The first-order chi connectivity index (χ1) is 10.8. The number of halogens is 2. The Morgan fingerprint density at radius 2 is 2.00 bits per heavy atom. The molecular weight excluding hydrogens is 335 g/mol. The third kappa shape index (κ3) is 4.62. The number of hydrogen-bond donors (Lipinski definition) is 1. The number of aromatic nitrogens is 1. The maximum atomic E-state index is 12.1. The number of pyridine rings is 1. The predicted molar refractivity (Wildman–Crippen MR) is 91.2 cm³/mol. The Hall–Kier alpha value is -2.22. The van der Waals surface area contributed by atoms with Crippen LogP contribution in [0.2, 0.25) is 10.0 Å². The third-order valence-electron chi connectivity index (χ3n) is 2.90. The van der Waals surface area contributed by atoms with Crippen molar-refractivity contribution in [1.29, 1.82) is 0 Å². The van der Waals surface area contributed by atoms with Gasteiger partial charge in [0.25, 0.3) is 5.91 Å². The summed E-state index contributed by atoms with van der Waals surface area (Å²) in [5.41, 5.74) is -0.346. The summed E-state index contributed by atoms with van der Waals surface area (Å²) in [5, 5.41) is 3.54. The molecule has 1 aromatic heterocycles. The Kier molecular flexibility index (Phi) is 5.15. The monoisotopic (exact) mass is 348 g/mol. The van der Waals surface area contributed by atoms with E-state index in [4.69, 9.17) is 34.4 Å². The van der Waals surface area contributed by atoms with Crippen molar-refractivity contribution in [3.63, 3.8) is 0 Å². The van der Waals surface area contributed by atoms with Crippen LogP contribution < -0.4 is 10.1 Å². The van der Waals surface area contributed by atoms with E-state index in [1.165, 1.54) is 6.20 Å². The van der Waals surface area contributed by atoms with Crippen LogP contribution in [0, 0.1) is 12.3 Å². The van der Waals surface area contributed by atoms with Crippen LogP contribution in [0.4, 0.5) is 0 Å².